The number of para-hydroxylation sites is 1. The first-order valence-electron chi connectivity index (χ1n) is 12.1. The number of hydrogen-bond donors (Lipinski definition) is 2. The molecule has 0 bridgehead atoms. The summed E-state index contributed by atoms with van der Waals surface area (Å²) in [6.07, 6.45) is 0.0314. The van der Waals surface area contributed by atoms with Gasteiger partial charge >= 0.3 is 5.97 Å². The van der Waals surface area contributed by atoms with Gasteiger partial charge < -0.3 is 19.5 Å². The van der Waals surface area contributed by atoms with Crippen molar-refractivity contribution >= 4 is 46.0 Å². The Morgan fingerprint density at radius 3 is 2.21 bits per heavy atom. The molecular weight excluding hydrogens is 537 g/mol. The highest BCUT2D eigenvalue weighted by Gasteiger charge is 2.32. The maximum Gasteiger partial charge on any atom is 0.326 e. The summed E-state index contributed by atoms with van der Waals surface area (Å²) in [4.78, 5) is 27.5. The number of fused-ring (bicyclic) bond motifs is 1. The number of phenolic OH excluding ortho intramolecular Hbond substituents is 1. The van der Waals surface area contributed by atoms with Crippen LogP contribution in [0.5, 0.6) is 5.75 Å². The van der Waals surface area contributed by atoms with Crippen LogP contribution in [0.4, 0.5) is 0 Å². The molecule has 0 radical (unpaired) electrons. The second-order valence-corrected chi connectivity index (χ2v) is 9.97. The van der Waals surface area contributed by atoms with Crippen molar-refractivity contribution in [2.45, 2.75) is 19.0 Å². The molecule has 0 aliphatic heterocycles. The van der Waals surface area contributed by atoms with E-state index >= 15 is 0 Å². The van der Waals surface area contributed by atoms with Gasteiger partial charge in [-0.2, -0.15) is 0 Å². The zero-order valence-corrected chi connectivity index (χ0v) is 22.1. The van der Waals surface area contributed by atoms with Crippen molar-refractivity contribution in [3.63, 3.8) is 0 Å². The topological polar surface area (TPSA) is 91.0 Å². The Morgan fingerprint density at radius 1 is 0.846 bits per heavy atom. The van der Waals surface area contributed by atoms with Crippen LogP contribution in [0.3, 0.4) is 0 Å². The fourth-order valence-electron chi connectivity index (χ4n) is 4.42. The van der Waals surface area contributed by atoms with E-state index in [0.29, 0.717) is 16.3 Å². The molecule has 8 heteroatoms. The van der Waals surface area contributed by atoms with Crippen molar-refractivity contribution in [1.29, 1.82) is 0 Å². The van der Waals surface area contributed by atoms with Gasteiger partial charge in [0.1, 0.15) is 23.1 Å². The van der Waals surface area contributed by atoms with Crippen molar-refractivity contribution < 1.29 is 24.2 Å². The summed E-state index contributed by atoms with van der Waals surface area (Å²) in [6.45, 7) is 0.0211. The smallest absolute Gasteiger partial charge is 0.326 e. The van der Waals surface area contributed by atoms with Gasteiger partial charge in [0.05, 0.1) is 10.6 Å². The summed E-state index contributed by atoms with van der Waals surface area (Å²) in [5, 5.41) is 21.3. The lowest BCUT2D eigenvalue weighted by Crippen LogP contribution is -2.46. The molecule has 6 nitrogen and oxygen atoms in total. The van der Waals surface area contributed by atoms with Crippen LogP contribution in [-0.2, 0) is 17.8 Å². The first-order chi connectivity index (χ1) is 18.8. The van der Waals surface area contributed by atoms with Gasteiger partial charge in [-0.3, -0.25) is 4.79 Å². The second kappa shape index (κ2) is 11.2. The molecule has 39 heavy (non-hydrogen) atoms. The van der Waals surface area contributed by atoms with Crippen LogP contribution in [0.2, 0.25) is 10.0 Å². The van der Waals surface area contributed by atoms with Crippen LogP contribution < -0.4 is 0 Å². The third-order valence-corrected chi connectivity index (χ3v) is 7.01. The number of aliphatic carboxylic acids is 1. The van der Waals surface area contributed by atoms with Gasteiger partial charge in [0.15, 0.2) is 0 Å². The van der Waals surface area contributed by atoms with Crippen LogP contribution >= 0.6 is 23.2 Å². The maximum absolute atomic E-state index is 13.7. The molecule has 1 amide bonds. The third kappa shape index (κ3) is 5.93. The molecule has 1 heterocycles. The standard InChI is InChI=1S/C31H23Cl2NO5/c32-23-11-14-25(26(33)17-23)30(36)34(27(31(37)38)15-19-7-12-24(35)13-8-19)18-20-5-9-21(10-6-20)29-16-22-3-1-2-4-28(22)39-29/h1-14,16-17,27,35H,15,18H2,(H,37,38). The molecule has 5 rings (SSSR count). The molecule has 2 N–H and O–H groups in total. The van der Waals surface area contributed by atoms with Crippen LogP contribution in [0.1, 0.15) is 21.5 Å². The predicted molar refractivity (Wildman–Crippen MR) is 151 cm³/mol. The summed E-state index contributed by atoms with van der Waals surface area (Å²) in [5.74, 6) is -0.931. The minimum absolute atomic E-state index is 0.0211. The third-order valence-electron chi connectivity index (χ3n) is 6.47. The number of furan rings is 1. The number of rotatable bonds is 8. The molecule has 0 saturated carbocycles. The van der Waals surface area contributed by atoms with E-state index in [2.05, 4.69) is 0 Å². The lowest BCUT2D eigenvalue weighted by Gasteiger charge is -2.30. The predicted octanol–water partition coefficient (Wildman–Crippen LogP) is 7.45. The number of nitrogens with zero attached hydrogens (tertiary/aromatic N) is 1. The largest absolute Gasteiger partial charge is 0.508 e. The number of hydrogen-bond acceptors (Lipinski definition) is 4. The Morgan fingerprint density at radius 2 is 1.54 bits per heavy atom. The Bertz CT molecular complexity index is 1610. The quantitative estimate of drug-likeness (QED) is 0.206. The minimum Gasteiger partial charge on any atom is -0.508 e. The van der Waals surface area contributed by atoms with Crippen LogP contribution in [0.25, 0.3) is 22.3 Å². The number of carboxylic acid groups (broad SMARTS) is 1. The highest BCUT2D eigenvalue weighted by molar-refractivity contribution is 6.36. The number of amides is 1. The van der Waals surface area contributed by atoms with Gasteiger partial charge in [0, 0.05) is 28.9 Å². The molecule has 4 aromatic carbocycles. The average Bonchev–Trinajstić information content (AvgIpc) is 3.36. The Labute approximate surface area is 234 Å². The zero-order valence-electron chi connectivity index (χ0n) is 20.6. The number of aromatic hydroxyl groups is 1. The van der Waals surface area contributed by atoms with Crippen LogP contribution in [0.15, 0.2) is 101 Å². The SMILES string of the molecule is O=C(O)C(Cc1ccc(O)cc1)N(Cc1ccc(-c2cc3ccccc3o2)cc1)C(=O)c1ccc(Cl)cc1Cl. The summed E-state index contributed by atoms with van der Waals surface area (Å²) in [7, 11) is 0. The molecule has 0 saturated heterocycles. The van der Waals surface area contributed by atoms with E-state index in [0.717, 1.165) is 22.1 Å². The molecule has 5 aromatic rings. The van der Waals surface area contributed by atoms with Crippen LogP contribution in [-0.4, -0.2) is 33.0 Å². The maximum atomic E-state index is 13.7. The average molecular weight is 560 g/mol. The number of carbonyl (C=O) groups excluding carboxylic acids is 1. The van der Waals surface area contributed by atoms with E-state index in [1.165, 1.54) is 35.2 Å². The van der Waals surface area contributed by atoms with Crippen molar-refractivity contribution in [3.05, 3.63) is 124 Å². The summed E-state index contributed by atoms with van der Waals surface area (Å²) >= 11 is 12.4. The van der Waals surface area contributed by atoms with Crippen molar-refractivity contribution in [3.8, 4) is 17.1 Å². The van der Waals surface area contributed by atoms with Gasteiger partial charge in [0.2, 0.25) is 0 Å². The molecule has 0 aliphatic carbocycles. The first kappa shape index (κ1) is 26.4. The number of benzene rings is 4. The minimum atomic E-state index is -1.20. The van der Waals surface area contributed by atoms with E-state index in [1.54, 1.807) is 12.1 Å². The van der Waals surface area contributed by atoms with Crippen molar-refractivity contribution in [1.82, 2.24) is 4.90 Å². The van der Waals surface area contributed by atoms with Crippen molar-refractivity contribution in [2.24, 2.45) is 0 Å². The fourth-order valence-corrected chi connectivity index (χ4v) is 4.91. The Balaban J connectivity index is 1.47. The fraction of sp³-hybridized carbons (Fsp3) is 0.0968. The van der Waals surface area contributed by atoms with Gasteiger partial charge in [-0.25, -0.2) is 4.79 Å². The molecule has 1 unspecified atom stereocenters. The molecule has 0 spiro atoms. The Hall–Kier alpha value is -4.26. The summed E-state index contributed by atoms with van der Waals surface area (Å²) in [5.41, 5.74) is 3.17. The highest BCUT2D eigenvalue weighted by atomic mass is 35.5. The van der Waals surface area contributed by atoms with E-state index in [4.69, 9.17) is 27.6 Å². The van der Waals surface area contributed by atoms with Gasteiger partial charge in [0.25, 0.3) is 5.91 Å². The van der Waals surface area contributed by atoms with E-state index in [1.807, 2.05) is 54.6 Å². The normalized spacial score (nSPS) is 11.8. The highest BCUT2D eigenvalue weighted by Crippen LogP contribution is 2.29. The van der Waals surface area contributed by atoms with Crippen LogP contribution in [0, 0.1) is 0 Å². The van der Waals surface area contributed by atoms with E-state index < -0.39 is 17.9 Å². The lowest BCUT2D eigenvalue weighted by atomic mass is 10.0. The Kier molecular flexibility index (Phi) is 7.59. The number of halogens is 2. The number of phenols is 1. The summed E-state index contributed by atoms with van der Waals surface area (Å²) in [6, 6.07) is 26.6. The van der Waals surface area contributed by atoms with Gasteiger partial charge in [-0.05, 0) is 53.6 Å². The molecule has 1 atom stereocenters. The first-order valence-corrected chi connectivity index (χ1v) is 12.9. The number of carboxylic acids is 1. The molecule has 1 aromatic heterocycles. The van der Waals surface area contributed by atoms with Crippen molar-refractivity contribution in [2.75, 3.05) is 0 Å². The molecule has 196 valence electrons. The van der Waals surface area contributed by atoms with Gasteiger partial charge in [-0.15, -0.1) is 0 Å². The zero-order chi connectivity index (χ0) is 27.5. The van der Waals surface area contributed by atoms with Gasteiger partial charge in [-0.1, -0.05) is 77.8 Å². The van der Waals surface area contributed by atoms with E-state index in [-0.39, 0.29) is 29.3 Å². The second-order valence-electron chi connectivity index (χ2n) is 9.13. The molecule has 0 fully saturated rings. The lowest BCUT2D eigenvalue weighted by molar-refractivity contribution is -0.142. The molecule has 0 aliphatic rings. The van der Waals surface area contributed by atoms with E-state index in [9.17, 15) is 19.8 Å². The summed E-state index contributed by atoms with van der Waals surface area (Å²) < 4.78 is 5.95. The monoisotopic (exact) mass is 559 g/mol. The number of carbonyl (C=O) groups is 2. The molecular formula is C31H23Cl2NO5.